The normalized spacial score (nSPS) is 11.2. The third-order valence-corrected chi connectivity index (χ3v) is 3.67. The average molecular weight is 319 g/mol. The highest BCUT2D eigenvalue weighted by Gasteiger charge is 2.01. The molecule has 3 aromatic rings. The molecule has 0 bridgehead atoms. The van der Waals surface area contributed by atoms with E-state index in [1.54, 1.807) is 0 Å². The Labute approximate surface area is 119 Å². The Morgan fingerprint density at radius 3 is 2.79 bits per heavy atom. The summed E-state index contributed by atoms with van der Waals surface area (Å²) in [7, 11) is 0. The average Bonchev–Trinajstić information content (AvgIpc) is 2.96. The van der Waals surface area contributed by atoms with Gasteiger partial charge in [-0.05, 0) is 36.8 Å². The van der Waals surface area contributed by atoms with Crippen LogP contribution in [-0.2, 0) is 13.1 Å². The molecular weight excluding hydrogens is 304 g/mol. The van der Waals surface area contributed by atoms with Crippen LogP contribution in [0, 0.1) is 0 Å². The second-order valence-electron chi connectivity index (χ2n) is 4.57. The maximum absolute atomic E-state index is 5.59. The third kappa shape index (κ3) is 2.66. The summed E-state index contributed by atoms with van der Waals surface area (Å²) in [5.74, 6) is 0.580. The Morgan fingerprint density at radius 2 is 2.00 bits per heavy atom. The largest absolute Gasteiger partial charge is 0.382 e. The molecular formula is C14H15BrN4. The van der Waals surface area contributed by atoms with E-state index in [-0.39, 0.29) is 0 Å². The first-order valence-electron chi connectivity index (χ1n) is 6.26. The van der Waals surface area contributed by atoms with Crippen LogP contribution >= 0.6 is 15.9 Å². The van der Waals surface area contributed by atoms with E-state index in [1.807, 2.05) is 16.9 Å². The van der Waals surface area contributed by atoms with Gasteiger partial charge >= 0.3 is 0 Å². The van der Waals surface area contributed by atoms with Gasteiger partial charge < -0.3 is 10.3 Å². The Hall–Kier alpha value is -1.75. The van der Waals surface area contributed by atoms with E-state index >= 15 is 0 Å². The summed E-state index contributed by atoms with van der Waals surface area (Å²) in [6.07, 6.45) is 5.08. The molecule has 0 aliphatic heterocycles. The molecule has 0 saturated heterocycles. The number of rotatable bonds is 4. The summed E-state index contributed by atoms with van der Waals surface area (Å²) in [5, 5.41) is 5.44. The fraction of sp³-hybridized carbons (Fsp3) is 0.214. The van der Waals surface area contributed by atoms with Gasteiger partial charge in [-0.2, -0.15) is 5.10 Å². The smallest absolute Gasteiger partial charge is 0.145 e. The summed E-state index contributed by atoms with van der Waals surface area (Å²) in [5.41, 5.74) is 6.86. The van der Waals surface area contributed by atoms with Crippen LogP contribution in [0.15, 0.2) is 47.2 Å². The summed E-state index contributed by atoms with van der Waals surface area (Å²) >= 11 is 3.49. The van der Waals surface area contributed by atoms with Gasteiger partial charge in [0.05, 0.1) is 0 Å². The fourth-order valence-corrected chi connectivity index (χ4v) is 2.65. The molecule has 98 valence electrons. The SMILES string of the molecule is Nc1ccn(CCCn2ccc3cc(Br)ccc32)n1. The quantitative estimate of drug-likeness (QED) is 0.802. The maximum Gasteiger partial charge on any atom is 0.145 e. The number of nitrogens with zero attached hydrogens (tertiary/aromatic N) is 3. The molecule has 0 spiro atoms. The molecule has 4 nitrogen and oxygen atoms in total. The van der Waals surface area contributed by atoms with Crippen LogP contribution in [0.3, 0.4) is 0 Å². The Balaban J connectivity index is 1.68. The van der Waals surface area contributed by atoms with Gasteiger partial charge in [0.25, 0.3) is 0 Å². The van der Waals surface area contributed by atoms with Gasteiger partial charge in [-0.3, -0.25) is 4.68 Å². The lowest BCUT2D eigenvalue weighted by Crippen LogP contribution is -2.04. The van der Waals surface area contributed by atoms with Crippen molar-refractivity contribution >= 4 is 32.7 Å². The first-order chi connectivity index (χ1) is 9.22. The predicted octanol–water partition coefficient (Wildman–Crippen LogP) is 3.27. The summed E-state index contributed by atoms with van der Waals surface area (Å²) in [4.78, 5) is 0. The number of hydrogen-bond acceptors (Lipinski definition) is 2. The minimum absolute atomic E-state index is 0.580. The standard InChI is InChI=1S/C14H15BrN4/c15-12-2-3-13-11(10-12)4-8-18(13)6-1-7-19-9-5-14(16)17-19/h2-5,8-10H,1,6-7H2,(H2,16,17). The molecule has 0 fully saturated rings. The zero-order chi connectivity index (χ0) is 13.2. The number of nitrogens with two attached hydrogens (primary N) is 1. The van der Waals surface area contributed by atoms with Crippen LogP contribution in [0.4, 0.5) is 5.82 Å². The number of benzene rings is 1. The molecule has 19 heavy (non-hydrogen) atoms. The number of aromatic nitrogens is 3. The highest BCUT2D eigenvalue weighted by Crippen LogP contribution is 2.21. The van der Waals surface area contributed by atoms with E-state index < -0.39 is 0 Å². The minimum Gasteiger partial charge on any atom is -0.382 e. The van der Waals surface area contributed by atoms with Crippen molar-refractivity contribution in [3.05, 3.63) is 47.2 Å². The van der Waals surface area contributed by atoms with Crippen molar-refractivity contribution in [3.63, 3.8) is 0 Å². The molecule has 0 unspecified atom stereocenters. The summed E-state index contributed by atoms with van der Waals surface area (Å²) in [6.45, 7) is 1.86. The van der Waals surface area contributed by atoms with Crippen molar-refractivity contribution in [1.29, 1.82) is 0 Å². The van der Waals surface area contributed by atoms with Crippen LogP contribution < -0.4 is 5.73 Å². The first kappa shape index (κ1) is 12.3. The van der Waals surface area contributed by atoms with Crippen LogP contribution in [0.5, 0.6) is 0 Å². The van der Waals surface area contributed by atoms with E-state index in [0.717, 1.165) is 24.0 Å². The topological polar surface area (TPSA) is 48.8 Å². The van der Waals surface area contributed by atoms with E-state index in [4.69, 9.17) is 5.73 Å². The van der Waals surface area contributed by atoms with E-state index in [2.05, 4.69) is 56.1 Å². The molecule has 5 heteroatoms. The molecule has 2 aromatic heterocycles. The zero-order valence-corrected chi connectivity index (χ0v) is 12.0. The van der Waals surface area contributed by atoms with Gasteiger partial charge in [0.15, 0.2) is 0 Å². The molecule has 0 amide bonds. The molecule has 0 atom stereocenters. The van der Waals surface area contributed by atoms with Gasteiger partial charge in [0, 0.05) is 40.9 Å². The van der Waals surface area contributed by atoms with E-state index in [9.17, 15) is 0 Å². The molecule has 1 aromatic carbocycles. The number of aryl methyl sites for hydroxylation is 2. The monoisotopic (exact) mass is 318 g/mol. The third-order valence-electron chi connectivity index (χ3n) is 3.18. The molecule has 0 aliphatic rings. The van der Waals surface area contributed by atoms with Gasteiger partial charge in [0.1, 0.15) is 5.82 Å². The predicted molar refractivity (Wildman–Crippen MR) is 80.9 cm³/mol. The fourth-order valence-electron chi connectivity index (χ4n) is 2.27. The van der Waals surface area contributed by atoms with Crippen molar-refractivity contribution in [2.75, 3.05) is 5.73 Å². The van der Waals surface area contributed by atoms with Crippen molar-refractivity contribution in [2.24, 2.45) is 0 Å². The molecule has 3 rings (SSSR count). The van der Waals surface area contributed by atoms with E-state index in [1.165, 1.54) is 10.9 Å². The second-order valence-corrected chi connectivity index (χ2v) is 5.49. The lowest BCUT2D eigenvalue weighted by atomic mass is 10.2. The van der Waals surface area contributed by atoms with Gasteiger partial charge in [-0.25, -0.2) is 0 Å². The van der Waals surface area contributed by atoms with Crippen molar-refractivity contribution in [2.45, 2.75) is 19.5 Å². The number of hydrogen-bond donors (Lipinski definition) is 1. The van der Waals surface area contributed by atoms with Crippen molar-refractivity contribution in [1.82, 2.24) is 14.3 Å². The number of anilines is 1. The van der Waals surface area contributed by atoms with Crippen LogP contribution in [0.2, 0.25) is 0 Å². The van der Waals surface area contributed by atoms with Crippen LogP contribution in [-0.4, -0.2) is 14.3 Å². The van der Waals surface area contributed by atoms with Crippen LogP contribution in [0.1, 0.15) is 6.42 Å². The lowest BCUT2D eigenvalue weighted by Gasteiger charge is -2.06. The van der Waals surface area contributed by atoms with Gasteiger partial charge in [0.2, 0.25) is 0 Å². The highest BCUT2D eigenvalue weighted by molar-refractivity contribution is 9.10. The van der Waals surface area contributed by atoms with Crippen molar-refractivity contribution in [3.8, 4) is 0 Å². The summed E-state index contributed by atoms with van der Waals surface area (Å²) < 4.78 is 5.27. The number of nitrogen functional groups attached to an aromatic ring is 1. The Morgan fingerprint density at radius 1 is 1.11 bits per heavy atom. The van der Waals surface area contributed by atoms with Crippen molar-refractivity contribution < 1.29 is 0 Å². The number of fused-ring (bicyclic) bond motifs is 1. The maximum atomic E-state index is 5.59. The van der Waals surface area contributed by atoms with Gasteiger partial charge in [-0.15, -0.1) is 0 Å². The van der Waals surface area contributed by atoms with Gasteiger partial charge in [-0.1, -0.05) is 15.9 Å². The molecule has 0 aliphatic carbocycles. The minimum atomic E-state index is 0.580. The summed E-state index contributed by atoms with van der Waals surface area (Å²) in [6, 6.07) is 10.3. The van der Waals surface area contributed by atoms with E-state index in [0.29, 0.717) is 5.82 Å². The molecule has 0 saturated carbocycles. The zero-order valence-electron chi connectivity index (χ0n) is 10.5. The first-order valence-corrected chi connectivity index (χ1v) is 7.05. The molecule has 0 radical (unpaired) electrons. The molecule has 2 heterocycles. The lowest BCUT2D eigenvalue weighted by molar-refractivity contribution is 0.535. The molecule has 2 N–H and O–H groups in total. The Bertz CT molecular complexity index is 698. The Kier molecular flexibility index (Phi) is 3.29. The number of halogens is 1. The highest BCUT2D eigenvalue weighted by atomic mass is 79.9. The second kappa shape index (κ2) is 5.09. The van der Waals surface area contributed by atoms with Crippen LogP contribution in [0.25, 0.3) is 10.9 Å².